The first kappa shape index (κ1) is 48.1. The van der Waals surface area contributed by atoms with Crippen LogP contribution >= 0.6 is 0 Å². The third-order valence-corrected chi connectivity index (χ3v) is 10.2. The lowest BCUT2D eigenvalue weighted by Gasteiger charge is -2.41. The second-order valence-corrected chi connectivity index (χ2v) is 15.4. The van der Waals surface area contributed by atoms with Crippen molar-refractivity contribution in [3.8, 4) is 0 Å². The fraction of sp³-hybridized carbons (Fsp3) is 0.973. The van der Waals surface area contributed by atoms with Crippen LogP contribution in [-0.4, -0.2) is 107 Å². The highest BCUT2D eigenvalue weighted by atomic mass is 32.3. The number of hydrogen-bond donors (Lipinski definition) is 7. The molecule has 1 amide bonds. The molecule has 51 heavy (non-hydrogen) atoms. The summed E-state index contributed by atoms with van der Waals surface area (Å²) in [5, 5.41) is 54.9. The molecule has 1 aliphatic rings. The van der Waals surface area contributed by atoms with Crippen LogP contribution in [0, 0.1) is 0 Å². The average Bonchev–Trinajstić information content (AvgIpc) is 3.09. The summed E-state index contributed by atoms with van der Waals surface area (Å²) in [5.41, 5.74) is 0. The van der Waals surface area contributed by atoms with Gasteiger partial charge in [-0.25, -0.2) is 4.18 Å². The number of ether oxygens (including phenoxy) is 2. The molecule has 7 N–H and O–H groups in total. The van der Waals surface area contributed by atoms with Crippen molar-refractivity contribution in [2.45, 2.75) is 217 Å². The molecule has 1 fully saturated rings. The van der Waals surface area contributed by atoms with E-state index in [9.17, 15) is 38.7 Å². The van der Waals surface area contributed by atoms with Crippen LogP contribution in [0.3, 0.4) is 0 Å². The molecule has 0 aromatic carbocycles. The van der Waals surface area contributed by atoms with Crippen LogP contribution in [0.1, 0.15) is 168 Å². The minimum Gasteiger partial charge on any atom is -0.394 e. The van der Waals surface area contributed by atoms with Crippen LogP contribution in [0.5, 0.6) is 0 Å². The Bertz CT molecular complexity index is 958. The molecule has 13 nitrogen and oxygen atoms in total. The highest BCUT2D eigenvalue weighted by molar-refractivity contribution is 7.80. The highest BCUT2D eigenvalue weighted by Gasteiger charge is 2.48. The monoisotopic (exact) mass is 755 g/mol. The quantitative estimate of drug-likeness (QED) is 0.0339. The second kappa shape index (κ2) is 29.4. The van der Waals surface area contributed by atoms with Crippen molar-refractivity contribution >= 4 is 16.3 Å². The van der Waals surface area contributed by atoms with E-state index in [0.29, 0.717) is 19.3 Å². The Morgan fingerprint density at radius 3 is 1.57 bits per heavy atom. The summed E-state index contributed by atoms with van der Waals surface area (Å²) in [5.74, 6) is -0.673. The lowest BCUT2D eigenvalue weighted by molar-refractivity contribution is -0.298. The number of aliphatic hydroxyl groups is 5. The van der Waals surface area contributed by atoms with E-state index in [0.717, 1.165) is 38.5 Å². The molecule has 0 radical (unpaired) electrons. The molecule has 0 aromatic heterocycles. The molecule has 14 heteroatoms. The van der Waals surface area contributed by atoms with Gasteiger partial charge in [-0.3, -0.25) is 9.35 Å². The summed E-state index contributed by atoms with van der Waals surface area (Å²) in [6.07, 6.45) is 14.6. The molecule has 304 valence electrons. The average molecular weight is 756 g/mol. The van der Waals surface area contributed by atoms with E-state index in [1.165, 1.54) is 89.9 Å². The second-order valence-electron chi connectivity index (χ2n) is 14.4. The summed E-state index contributed by atoms with van der Waals surface area (Å²) in [4.78, 5) is 13.0. The largest absolute Gasteiger partial charge is 0.397 e. The number of rotatable bonds is 33. The smallest absolute Gasteiger partial charge is 0.394 e. The summed E-state index contributed by atoms with van der Waals surface area (Å²) in [6, 6.07) is -1.02. The van der Waals surface area contributed by atoms with Gasteiger partial charge in [-0.05, 0) is 12.8 Å². The highest BCUT2D eigenvalue weighted by Crippen LogP contribution is 2.26. The molecule has 1 rings (SSSR count). The van der Waals surface area contributed by atoms with Gasteiger partial charge in [-0.15, -0.1) is 0 Å². The first-order chi connectivity index (χ1) is 24.4. The van der Waals surface area contributed by atoms with Gasteiger partial charge in [0.2, 0.25) is 5.91 Å². The SMILES string of the molecule is CCCCCCCCCCCCCCCCC(O)C(COC1OC(CO)C(O)C(OS(=O)(=O)O)C1O)NC(=O)C(O)CCCCCCCCCC. The van der Waals surface area contributed by atoms with Crippen LogP contribution < -0.4 is 5.32 Å². The van der Waals surface area contributed by atoms with Crippen molar-refractivity contribution in [3.05, 3.63) is 0 Å². The number of unbranched alkanes of at least 4 members (excludes halogenated alkanes) is 20. The van der Waals surface area contributed by atoms with E-state index in [1.807, 2.05) is 0 Å². The van der Waals surface area contributed by atoms with Gasteiger partial charge in [0.05, 0.1) is 25.4 Å². The minimum absolute atomic E-state index is 0.262. The summed E-state index contributed by atoms with van der Waals surface area (Å²) in [7, 11) is -5.10. The van der Waals surface area contributed by atoms with Crippen molar-refractivity contribution in [1.29, 1.82) is 0 Å². The molecule has 0 aliphatic carbocycles. The van der Waals surface area contributed by atoms with Gasteiger partial charge >= 0.3 is 10.4 Å². The van der Waals surface area contributed by atoms with Gasteiger partial charge in [0.25, 0.3) is 0 Å². The Morgan fingerprint density at radius 1 is 0.706 bits per heavy atom. The van der Waals surface area contributed by atoms with Gasteiger partial charge in [-0.1, -0.05) is 155 Å². The predicted molar refractivity (Wildman–Crippen MR) is 196 cm³/mol. The Morgan fingerprint density at radius 2 is 1.14 bits per heavy atom. The molecule has 0 aromatic rings. The number of aliphatic hydroxyl groups excluding tert-OH is 5. The van der Waals surface area contributed by atoms with E-state index in [4.69, 9.17) is 14.0 Å². The van der Waals surface area contributed by atoms with Crippen molar-refractivity contribution in [3.63, 3.8) is 0 Å². The zero-order valence-corrected chi connectivity index (χ0v) is 32.4. The molecule has 0 bridgehead atoms. The third-order valence-electron chi connectivity index (χ3n) is 9.77. The normalized spacial score (nSPS) is 22.9. The van der Waals surface area contributed by atoms with Crippen LogP contribution in [-0.2, 0) is 28.9 Å². The maximum Gasteiger partial charge on any atom is 0.397 e. The lowest BCUT2D eigenvalue weighted by Crippen LogP contribution is -2.61. The van der Waals surface area contributed by atoms with Gasteiger partial charge in [0.1, 0.15) is 30.5 Å². The first-order valence-electron chi connectivity index (χ1n) is 20.0. The van der Waals surface area contributed by atoms with Crippen molar-refractivity contribution in [2.24, 2.45) is 0 Å². The molecule has 1 heterocycles. The number of hydrogen-bond acceptors (Lipinski definition) is 11. The van der Waals surface area contributed by atoms with Crippen molar-refractivity contribution in [1.82, 2.24) is 5.32 Å². The molecule has 1 saturated heterocycles. The van der Waals surface area contributed by atoms with E-state index >= 15 is 0 Å². The zero-order valence-electron chi connectivity index (χ0n) is 31.5. The van der Waals surface area contributed by atoms with Crippen LogP contribution in [0.4, 0.5) is 0 Å². The number of amides is 1. The molecule has 0 saturated carbocycles. The Labute approximate surface area is 308 Å². The van der Waals surface area contributed by atoms with Gasteiger partial charge < -0.3 is 40.3 Å². The predicted octanol–water partition coefficient (Wildman–Crippen LogP) is 5.24. The summed E-state index contributed by atoms with van der Waals surface area (Å²) in [6.45, 7) is 3.21. The zero-order chi connectivity index (χ0) is 37.9. The lowest BCUT2D eigenvalue weighted by atomic mass is 9.99. The van der Waals surface area contributed by atoms with E-state index < -0.39 is 78.5 Å². The van der Waals surface area contributed by atoms with E-state index in [1.54, 1.807) is 0 Å². The van der Waals surface area contributed by atoms with Crippen LogP contribution in [0.15, 0.2) is 0 Å². The van der Waals surface area contributed by atoms with Gasteiger partial charge in [-0.2, -0.15) is 8.42 Å². The molecule has 8 atom stereocenters. The van der Waals surface area contributed by atoms with Gasteiger partial charge in [0.15, 0.2) is 6.29 Å². The molecule has 1 aliphatic heterocycles. The molecule has 8 unspecified atom stereocenters. The van der Waals surface area contributed by atoms with E-state index in [-0.39, 0.29) is 6.42 Å². The maximum atomic E-state index is 13.0. The van der Waals surface area contributed by atoms with Crippen molar-refractivity contribution in [2.75, 3.05) is 13.2 Å². The Hall–Kier alpha value is -0.940. The van der Waals surface area contributed by atoms with Crippen LogP contribution in [0.25, 0.3) is 0 Å². The number of carbonyl (C=O) groups is 1. The topological polar surface area (TPSA) is 212 Å². The Kier molecular flexibility index (Phi) is 27.7. The maximum absolute atomic E-state index is 13.0. The Balaban J connectivity index is 2.64. The minimum atomic E-state index is -5.10. The number of nitrogens with one attached hydrogen (secondary N) is 1. The molecular formula is C37H73NO12S. The van der Waals surface area contributed by atoms with Crippen molar-refractivity contribution < 1.29 is 57.0 Å². The standard InChI is InChI=1S/C37H73NO12S/c1-3-5-7-9-11-13-14-15-16-17-18-20-21-23-25-30(40)29(38-36(44)31(41)26-24-22-19-12-10-8-6-4-2)28-48-37-34(43)35(50-51(45,46)47)33(42)32(27-39)49-37/h29-35,37,39-43H,3-28H2,1-2H3,(H,38,44)(H,45,46,47). The van der Waals surface area contributed by atoms with Gasteiger partial charge in [0, 0.05) is 0 Å². The summed E-state index contributed by atoms with van der Waals surface area (Å²) < 4.78 is 47.3. The number of carbonyl (C=O) groups excluding carboxylic acids is 1. The molecule has 0 spiro atoms. The summed E-state index contributed by atoms with van der Waals surface area (Å²) >= 11 is 0. The third kappa shape index (κ3) is 22.8. The fourth-order valence-electron chi connectivity index (χ4n) is 6.52. The molecular weight excluding hydrogens is 682 g/mol. The first-order valence-corrected chi connectivity index (χ1v) is 21.4. The fourth-order valence-corrected chi connectivity index (χ4v) is 7.03. The van der Waals surface area contributed by atoms with Crippen LogP contribution in [0.2, 0.25) is 0 Å². The van der Waals surface area contributed by atoms with E-state index in [2.05, 4.69) is 23.3 Å².